The Labute approximate surface area is 309 Å². The van der Waals surface area contributed by atoms with Crippen molar-refractivity contribution in [3.8, 4) is 0 Å². The van der Waals surface area contributed by atoms with Crippen LogP contribution in [0.1, 0.15) is 42.4 Å². The van der Waals surface area contributed by atoms with Crippen molar-refractivity contribution < 1.29 is 32.0 Å². The highest BCUT2D eigenvalue weighted by Gasteiger charge is 2.37. The summed E-state index contributed by atoms with van der Waals surface area (Å²) in [7, 11) is -1.57. The van der Waals surface area contributed by atoms with E-state index in [0.717, 1.165) is 36.1 Å². The number of piperazine rings is 1. The molecule has 4 aliphatic rings. The van der Waals surface area contributed by atoms with Gasteiger partial charge in [-0.05, 0) is 67.9 Å². The van der Waals surface area contributed by atoms with Crippen LogP contribution in [0.15, 0.2) is 45.6 Å². The molecule has 0 aliphatic carbocycles. The van der Waals surface area contributed by atoms with Gasteiger partial charge in [0.25, 0.3) is 5.91 Å². The topological polar surface area (TPSA) is 158 Å². The van der Waals surface area contributed by atoms with Crippen molar-refractivity contribution in [3.05, 3.63) is 63.6 Å². The third-order valence-electron chi connectivity index (χ3n) is 11.4. The molecule has 4 aliphatic heterocycles. The van der Waals surface area contributed by atoms with Gasteiger partial charge in [-0.2, -0.15) is 0 Å². The van der Waals surface area contributed by atoms with Gasteiger partial charge in [-0.1, -0.05) is 24.3 Å². The van der Waals surface area contributed by atoms with E-state index in [1.165, 1.54) is 15.1 Å². The molecule has 0 unspecified atom stereocenters. The first-order chi connectivity index (χ1) is 25.4. The second-order valence-corrected chi connectivity index (χ2v) is 16.7. The lowest BCUT2D eigenvalue weighted by Gasteiger charge is -2.43. The molecule has 2 aromatic carbocycles. The number of likely N-dealkylation sites (tertiary alicyclic amines) is 1. The van der Waals surface area contributed by atoms with Crippen LogP contribution in [-0.4, -0.2) is 138 Å². The second-order valence-electron chi connectivity index (χ2n) is 14.8. The number of fused-ring (bicyclic) bond motifs is 2. The summed E-state index contributed by atoms with van der Waals surface area (Å²) in [6.45, 7) is 6.40. The molecule has 16 heteroatoms. The average molecular weight is 752 g/mol. The molecule has 0 radical (unpaired) electrons. The van der Waals surface area contributed by atoms with Gasteiger partial charge < -0.3 is 29.2 Å². The van der Waals surface area contributed by atoms with Crippen molar-refractivity contribution in [3.63, 3.8) is 0 Å². The van der Waals surface area contributed by atoms with Crippen LogP contribution >= 0.6 is 0 Å². The number of aryl methyl sites for hydroxylation is 2. The maximum Gasteiger partial charge on any atom is 0.419 e. The summed E-state index contributed by atoms with van der Waals surface area (Å²) in [5, 5.41) is 3.03. The molecule has 0 bridgehead atoms. The predicted octanol–water partition coefficient (Wildman–Crippen LogP) is 2.61. The summed E-state index contributed by atoms with van der Waals surface area (Å²) < 4.78 is 38.5. The number of piperidine rings is 2. The Morgan fingerprint density at radius 3 is 2.28 bits per heavy atom. The summed E-state index contributed by atoms with van der Waals surface area (Å²) in [5.74, 6) is -0.766. The third kappa shape index (κ3) is 7.94. The van der Waals surface area contributed by atoms with Crippen LogP contribution < -0.4 is 11.1 Å². The average Bonchev–Trinajstić information content (AvgIpc) is 3.32. The van der Waals surface area contributed by atoms with Gasteiger partial charge in [0.15, 0.2) is 11.7 Å². The molecule has 15 nitrogen and oxygen atoms in total. The quantitative estimate of drug-likeness (QED) is 0.383. The lowest BCUT2D eigenvalue weighted by molar-refractivity contribution is -0.143. The number of nitrogens with one attached hydrogen (secondary N) is 1. The Balaban J connectivity index is 1.01. The van der Waals surface area contributed by atoms with E-state index in [0.29, 0.717) is 88.4 Å². The van der Waals surface area contributed by atoms with E-state index in [1.54, 1.807) is 22.9 Å². The molecule has 4 amide bonds. The van der Waals surface area contributed by atoms with Gasteiger partial charge in [0, 0.05) is 90.1 Å². The summed E-state index contributed by atoms with van der Waals surface area (Å²) >= 11 is 0. The van der Waals surface area contributed by atoms with Crippen LogP contribution in [0, 0.1) is 6.92 Å². The normalized spacial score (nSPS) is 20.6. The molecule has 1 N–H and O–H groups in total. The van der Waals surface area contributed by atoms with Gasteiger partial charge in [0.05, 0.1) is 11.8 Å². The SMILES string of the molecule is Cc1cc(C[C@@H](OC(=O)N2CCC(N3CCc4ccccc4NC3=O)CC2)C(=O)N2CCN(C3CCN(S(C)(=O)=O)CC3)CC2)cc2oc(=O)n(C)c12. The van der Waals surface area contributed by atoms with Crippen LogP contribution in [0.25, 0.3) is 11.1 Å². The number of amides is 4. The van der Waals surface area contributed by atoms with Crippen molar-refractivity contribution in [1.29, 1.82) is 0 Å². The van der Waals surface area contributed by atoms with Gasteiger partial charge in [0.2, 0.25) is 10.0 Å². The number of benzene rings is 2. The Morgan fingerprint density at radius 1 is 0.906 bits per heavy atom. The zero-order chi connectivity index (χ0) is 37.4. The number of rotatable bonds is 7. The largest absolute Gasteiger partial charge is 0.436 e. The third-order valence-corrected chi connectivity index (χ3v) is 12.7. The molecule has 3 fully saturated rings. The lowest BCUT2D eigenvalue weighted by atomic mass is 10.0. The predicted molar refractivity (Wildman–Crippen MR) is 198 cm³/mol. The van der Waals surface area contributed by atoms with Gasteiger partial charge in [0.1, 0.15) is 0 Å². The van der Waals surface area contributed by atoms with Gasteiger partial charge in [-0.25, -0.2) is 27.1 Å². The van der Waals surface area contributed by atoms with E-state index in [-0.39, 0.29) is 30.4 Å². The first kappa shape index (κ1) is 36.9. The number of ether oxygens (including phenoxy) is 1. The fraction of sp³-hybridized carbons (Fsp3) is 0.568. The fourth-order valence-electron chi connectivity index (χ4n) is 8.44. The molecule has 5 heterocycles. The highest BCUT2D eigenvalue weighted by molar-refractivity contribution is 7.88. The number of hydrogen-bond acceptors (Lipinski definition) is 9. The first-order valence-corrected chi connectivity index (χ1v) is 20.4. The Kier molecular flexibility index (Phi) is 10.6. The molecule has 1 atom stereocenters. The standard InChI is InChI=1S/C37H49N7O8S/c1-25-22-26(23-31-33(25)39(2)36(47)51-31)24-32(34(45)41-20-18-40(19-21-41)28-11-15-43(16-12-28)53(3,49)50)52-37(48)42-13-9-29(10-14-42)44-17-8-27-6-4-5-7-30(27)38-35(44)46/h4-7,22-23,28-29,32H,8-21,24H2,1-3H3,(H,38,46)/t32-/m1/s1. The molecule has 286 valence electrons. The summed E-state index contributed by atoms with van der Waals surface area (Å²) in [6.07, 6.45) is 3.08. The molecule has 0 spiro atoms. The maximum absolute atomic E-state index is 14.2. The zero-order valence-electron chi connectivity index (χ0n) is 30.7. The number of carbonyl (C=O) groups is 3. The maximum atomic E-state index is 14.2. The molecular weight excluding hydrogens is 703 g/mol. The van der Waals surface area contributed by atoms with Crippen molar-refractivity contribution in [2.75, 3.05) is 70.5 Å². The van der Waals surface area contributed by atoms with E-state index in [4.69, 9.17) is 9.15 Å². The van der Waals surface area contributed by atoms with Crippen LogP contribution in [0.3, 0.4) is 0 Å². The van der Waals surface area contributed by atoms with Crippen molar-refractivity contribution in [2.45, 2.75) is 63.6 Å². The van der Waals surface area contributed by atoms with E-state index >= 15 is 0 Å². The summed E-state index contributed by atoms with van der Waals surface area (Å²) in [4.78, 5) is 60.9. The Bertz CT molecular complexity index is 2020. The second kappa shape index (κ2) is 15.1. The number of urea groups is 1. The van der Waals surface area contributed by atoms with Gasteiger partial charge in [-0.3, -0.25) is 14.3 Å². The lowest BCUT2D eigenvalue weighted by Crippen LogP contribution is -2.57. The number of oxazole rings is 1. The molecule has 53 heavy (non-hydrogen) atoms. The minimum atomic E-state index is -3.21. The molecule has 1 aromatic heterocycles. The van der Waals surface area contributed by atoms with Crippen molar-refractivity contribution in [2.24, 2.45) is 7.05 Å². The van der Waals surface area contributed by atoms with Gasteiger partial charge >= 0.3 is 17.9 Å². The van der Waals surface area contributed by atoms with Crippen LogP contribution in [0.4, 0.5) is 15.3 Å². The Hall–Kier alpha value is -4.41. The molecule has 3 saturated heterocycles. The number of sulfonamides is 1. The van der Waals surface area contributed by atoms with Crippen LogP contribution in [0.2, 0.25) is 0 Å². The highest BCUT2D eigenvalue weighted by Crippen LogP contribution is 2.27. The molecule has 3 aromatic rings. The number of nitrogens with zero attached hydrogens (tertiary/aromatic N) is 6. The van der Waals surface area contributed by atoms with E-state index in [9.17, 15) is 27.6 Å². The molecular formula is C37H49N7O8S. The van der Waals surface area contributed by atoms with E-state index in [1.807, 2.05) is 42.2 Å². The summed E-state index contributed by atoms with van der Waals surface area (Å²) in [6, 6.07) is 11.5. The summed E-state index contributed by atoms with van der Waals surface area (Å²) in [5.41, 5.74) is 4.52. The number of hydrogen-bond donors (Lipinski definition) is 1. The first-order valence-electron chi connectivity index (χ1n) is 18.5. The number of para-hydroxylation sites is 1. The number of aromatic nitrogens is 1. The molecule has 0 saturated carbocycles. The van der Waals surface area contributed by atoms with Crippen molar-refractivity contribution in [1.82, 2.24) is 28.5 Å². The van der Waals surface area contributed by atoms with Gasteiger partial charge in [-0.15, -0.1) is 0 Å². The zero-order valence-corrected chi connectivity index (χ0v) is 31.5. The van der Waals surface area contributed by atoms with Crippen LogP contribution in [0.5, 0.6) is 0 Å². The Morgan fingerprint density at radius 2 is 1.58 bits per heavy atom. The fourth-order valence-corrected chi connectivity index (χ4v) is 9.31. The number of carbonyl (C=O) groups excluding carboxylic acids is 3. The highest BCUT2D eigenvalue weighted by atomic mass is 32.2. The minimum absolute atomic E-state index is 0.0315. The van der Waals surface area contributed by atoms with E-state index in [2.05, 4.69) is 10.2 Å². The minimum Gasteiger partial charge on any atom is -0.436 e. The van der Waals surface area contributed by atoms with E-state index < -0.39 is 28.0 Å². The van der Waals surface area contributed by atoms with Crippen LogP contribution in [-0.2, 0) is 39.4 Å². The molecule has 7 rings (SSSR count). The monoisotopic (exact) mass is 751 g/mol. The van der Waals surface area contributed by atoms with Crippen molar-refractivity contribution >= 4 is 44.8 Å². The smallest absolute Gasteiger partial charge is 0.419 e. The number of anilines is 1.